The molecule has 6 heteroatoms. The Morgan fingerprint density at radius 1 is 0.960 bits per heavy atom. The van der Waals surface area contributed by atoms with Crippen molar-refractivity contribution in [3.8, 4) is 5.75 Å². The first-order valence-corrected chi connectivity index (χ1v) is 11.4. The van der Waals surface area contributed by atoms with Gasteiger partial charge in [0.05, 0.1) is 6.61 Å². The third kappa shape index (κ3) is 7.46. The highest BCUT2D eigenvalue weighted by Crippen LogP contribution is 2.21. The number of unbranched alkanes of at least 4 members (excludes halogenated alkanes) is 1. The minimum absolute atomic E-state index is 0.296. The first-order chi connectivity index (χ1) is 12.2. The van der Waals surface area contributed by atoms with Gasteiger partial charge in [0.15, 0.2) is 0 Å². The van der Waals surface area contributed by atoms with E-state index >= 15 is 0 Å². The molecular formula is C19H32O5Si. The van der Waals surface area contributed by atoms with Gasteiger partial charge >= 0.3 is 8.80 Å². The molecular weight excluding hydrogens is 336 g/mol. The molecule has 0 spiro atoms. The normalized spacial score (nSPS) is 16.8. The number of benzene rings is 1. The van der Waals surface area contributed by atoms with Crippen molar-refractivity contribution in [2.75, 3.05) is 33.0 Å². The lowest BCUT2D eigenvalue weighted by atomic mass is 10.1. The number of hydrogen-bond donors (Lipinski definition) is 0. The third-order valence-electron chi connectivity index (χ3n) is 4.05. The van der Waals surface area contributed by atoms with E-state index in [2.05, 4.69) is 12.1 Å². The maximum absolute atomic E-state index is 5.90. The second-order valence-corrected chi connectivity index (χ2v) is 8.83. The van der Waals surface area contributed by atoms with Gasteiger partial charge in [-0.25, -0.2) is 0 Å². The van der Waals surface area contributed by atoms with Crippen LogP contribution in [0, 0.1) is 0 Å². The molecule has 1 aromatic carbocycles. The zero-order valence-electron chi connectivity index (χ0n) is 15.8. The minimum atomic E-state index is -2.49. The van der Waals surface area contributed by atoms with Gasteiger partial charge in [-0.3, -0.25) is 0 Å². The van der Waals surface area contributed by atoms with Crippen LogP contribution in [0.5, 0.6) is 5.75 Å². The molecule has 1 fully saturated rings. The van der Waals surface area contributed by atoms with Crippen molar-refractivity contribution in [3.05, 3.63) is 29.8 Å². The molecule has 0 amide bonds. The lowest BCUT2D eigenvalue weighted by molar-refractivity contribution is 0.0707. The molecule has 1 aromatic rings. The van der Waals surface area contributed by atoms with Crippen molar-refractivity contribution < 1.29 is 22.8 Å². The molecule has 5 nitrogen and oxygen atoms in total. The van der Waals surface area contributed by atoms with E-state index in [9.17, 15) is 0 Å². The summed E-state index contributed by atoms with van der Waals surface area (Å²) in [4.78, 5) is 0. The van der Waals surface area contributed by atoms with Crippen LogP contribution in [-0.4, -0.2) is 47.9 Å². The van der Waals surface area contributed by atoms with Crippen molar-refractivity contribution in [3.63, 3.8) is 0 Å². The van der Waals surface area contributed by atoms with Gasteiger partial charge in [-0.1, -0.05) is 12.1 Å². The van der Waals surface area contributed by atoms with Crippen molar-refractivity contribution >= 4 is 8.80 Å². The maximum atomic E-state index is 5.90. The largest absolute Gasteiger partial charge is 0.500 e. The van der Waals surface area contributed by atoms with Crippen molar-refractivity contribution in [1.82, 2.24) is 0 Å². The fraction of sp³-hybridized carbons (Fsp3) is 0.684. The first-order valence-electron chi connectivity index (χ1n) is 9.46. The van der Waals surface area contributed by atoms with Gasteiger partial charge in [-0.15, -0.1) is 0 Å². The highest BCUT2D eigenvalue weighted by Gasteiger charge is 2.39. The molecule has 1 atom stereocenters. The first kappa shape index (κ1) is 20.4. The second-order valence-electron chi connectivity index (χ2n) is 6.10. The summed E-state index contributed by atoms with van der Waals surface area (Å²) in [7, 11) is -2.49. The van der Waals surface area contributed by atoms with Gasteiger partial charge in [0.25, 0.3) is 0 Å². The fourth-order valence-corrected chi connectivity index (χ4v) is 5.46. The molecule has 0 aliphatic carbocycles. The van der Waals surface area contributed by atoms with Gasteiger partial charge in [-0.2, -0.15) is 0 Å². The summed E-state index contributed by atoms with van der Waals surface area (Å²) in [5, 5.41) is 0. The Labute approximate surface area is 152 Å². The molecule has 1 aliphatic rings. The summed E-state index contributed by atoms with van der Waals surface area (Å²) in [6.07, 6.45) is 3.48. The van der Waals surface area contributed by atoms with E-state index in [1.54, 1.807) is 0 Å². The van der Waals surface area contributed by atoms with E-state index in [-0.39, 0.29) is 0 Å². The molecule has 2 rings (SSSR count). The number of ether oxygens (including phenoxy) is 2. The summed E-state index contributed by atoms with van der Waals surface area (Å²) in [6.45, 7) is 9.39. The average molecular weight is 369 g/mol. The van der Waals surface area contributed by atoms with Crippen LogP contribution in [0.25, 0.3) is 0 Å². The van der Waals surface area contributed by atoms with Crippen LogP contribution in [0.15, 0.2) is 24.3 Å². The summed E-state index contributed by atoms with van der Waals surface area (Å²) in [5.41, 5.74) is 1.33. The summed E-state index contributed by atoms with van der Waals surface area (Å²) < 4.78 is 28.5. The lowest BCUT2D eigenvalue weighted by Gasteiger charge is -2.28. The van der Waals surface area contributed by atoms with E-state index < -0.39 is 8.80 Å². The molecule has 0 bridgehead atoms. The number of epoxide rings is 1. The Hall–Kier alpha value is -0.923. The van der Waals surface area contributed by atoms with Gasteiger partial charge in [-0.05, 0) is 57.7 Å². The SMILES string of the molecule is CCO[Si](CCCCc1ccc(OCC2CO2)cc1)(OCC)OCC. The monoisotopic (exact) mass is 368 g/mol. The van der Waals surface area contributed by atoms with E-state index in [1.165, 1.54) is 5.56 Å². The fourth-order valence-electron chi connectivity index (χ4n) is 2.78. The second kappa shape index (κ2) is 10.9. The summed E-state index contributed by atoms with van der Waals surface area (Å²) in [5.74, 6) is 0.912. The quantitative estimate of drug-likeness (QED) is 0.284. The van der Waals surface area contributed by atoms with Crippen LogP contribution in [0.4, 0.5) is 0 Å². The van der Waals surface area contributed by atoms with Crippen molar-refractivity contribution in [2.45, 2.75) is 52.2 Å². The Balaban J connectivity index is 1.72. The van der Waals surface area contributed by atoms with Crippen LogP contribution in [0.2, 0.25) is 6.04 Å². The lowest BCUT2D eigenvalue weighted by Crippen LogP contribution is -2.45. The van der Waals surface area contributed by atoms with E-state index in [1.807, 2.05) is 32.9 Å². The van der Waals surface area contributed by atoms with Crippen LogP contribution >= 0.6 is 0 Å². The average Bonchev–Trinajstić information content (AvgIpc) is 3.43. The van der Waals surface area contributed by atoms with Gasteiger partial charge in [0.1, 0.15) is 18.5 Å². The Morgan fingerprint density at radius 2 is 1.56 bits per heavy atom. The van der Waals surface area contributed by atoms with Gasteiger partial charge < -0.3 is 22.8 Å². The smallest absolute Gasteiger partial charge is 0.491 e. The predicted molar refractivity (Wildman–Crippen MR) is 100 cm³/mol. The molecule has 0 aromatic heterocycles. The van der Waals surface area contributed by atoms with E-state index in [0.717, 1.165) is 37.7 Å². The standard InChI is InChI=1S/C19H32O5Si/c1-4-22-25(23-5-2,24-6-3)14-8-7-9-17-10-12-18(13-11-17)20-15-19-16-21-19/h10-13,19H,4-9,14-16H2,1-3H3. The Kier molecular flexibility index (Phi) is 8.92. The van der Waals surface area contributed by atoms with Crippen LogP contribution < -0.4 is 4.74 Å². The molecule has 0 radical (unpaired) electrons. The predicted octanol–water partition coefficient (Wildman–Crippen LogP) is 3.84. The zero-order valence-corrected chi connectivity index (χ0v) is 16.8. The highest BCUT2D eigenvalue weighted by molar-refractivity contribution is 6.60. The Bertz CT molecular complexity index is 458. The number of aryl methyl sites for hydroxylation is 1. The van der Waals surface area contributed by atoms with Crippen molar-refractivity contribution in [2.24, 2.45) is 0 Å². The van der Waals surface area contributed by atoms with Gasteiger partial charge in [0.2, 0.25) is 0 Å². The Morgan fingerprint density at radius 3 is 2.08 bits per heavy atom. The number of rotatable bonds is 14. The van der Waals surface area contributed by atoms with Gasteiger partial charge in [0, 0.05) is 25.9 Å². The molecule has 1 unspecified atom stereocenters. The minimum Gasteiger partial charge on any atom is -0.491 e. The van der Waals surface area contributed by atoms with E-state index in [4.69, 9.17) is 22.8 Å². The van der Waals surface area contributed by atoms with Crippen LogP contribution in [0.1, 0.15) is 39.2 Å². The van der Waals surface area contributed by atoms with Crippen molar-refractivity contribution in [1.29, 1.82) is 0 Å². The molecule has 25 heavy (non-hydrogen) atoms. The third-order valence-corrected chi connectivity index (χ3v) is 7.20. The topological polar surface area (TPSA) is 49.5 Å². The van der Waals surface area contributed by atoms with Crippen LogP contribution in [-0.2, 0) is 24.4 Å². The molecule has 1 aliphatic heterocycles. The molecule has 1 heterocycles. The molecule has 0 saturated carbocycles. The maximum Gasteiger partial charge on any atom is 0.500 e. The van der Waals surface area contributed by atoms with Crippen LogP contribution in [0.3, 0.4) is 0 Å². The molecule has 142 valence electrons. The zero-order chi connectivity index (χ0) is 18.0. The summed E-state index contributed by atoms with van der Waals surface area (Å²) in [6, 6.07) is 9.24. The molecule has 0 N–H and O–H groups in total. The van der Waals surface area contributed by atoms with E-state index in [0.29, 0.717) is 32.5 Å². The number of hydrogen-bond acceptors (Lipinski definition) is 5. The highest BCUT2D eigenvalue weighted by atomic mass is 28.4. The summed E-state index contributed by atoms with van der Waals surface area (Å²) >= 11 is 0. The molecule has 1 saturated heterocycles.